The minimum atomic E-state index is 0.354. The van der Waals surface area contributed by atoms with E-state index in [1.807, 2.05) is 6.08 Å². The molecule has 1 aromatic rings. The van der Waals surface area contributed by atoms with Gasteiger partial charge in [0.05, 0.1) is 13.2 Å². The number of hydrogen-bond donors (Lipinski definition) is 2. The number of unbranched alkanes of at least 4 members (excludes halogenated alkanes) is 10. The van der Waals surface area contributed by atoms with Gasteiger partial charge in [0.1, 0.15) is 12.3 Å². The fourth-order valence-electron chi connectivity index (χ4n) is 3.87. The van der Waals surface area contributed by atoms with Gasteiger partial charge in [-0.1, -0.05) is 51.0 Å². The summed E-state index contributed by atoms with van der Waals surface area (Å²) in [5, 5.41) is 11.2. The Morgan fingerprint density at radius 2 is 1.41 bits per heavy atom. The third-order valence-corrected chi connectivity index (χ3v) is 5.52. The minimum absolute atomic E-state index is 0.354. The van der Waals surface area contributed by atoms with Crippen molar-refractivity contribution in [2.45, 2.75) is 97.4 Å². The van der Waals surface area contributed by atoms with Gasteiger partial charge in [0, 0.05) is 12.2 Å². The molecule has 1 aromatic carbocycles. The van der Waals surface area contributed by atoms with E-state index < -0.39 is 0 Å². The first-order chi connectivity index (χ1) is 14.2. The van der Waals surface area contributed by atoms with Crippen molar-refractivity contribution >= 4 is 0 Å². The molecule has 0 atom stereocenters. The molecule has 0 heterocycles. The van der Waals surface area contributed by atoms with Crippen LogP contribution in [-0.4, -0.2) is 24.9 Å². The van der Waals surface area contributed by atoms with Crippen molar-refractivity contribution in [3.63, 3.8) is 0 Å². The maximum atomic E-state index is 8.76. The second-order valence-corrected chi connectivity index (χ2v) is 8.38. The van der Waals surface area contributed by atoms with Crippen LogP contribution in [0.25, 0.3) is 0 Å². The van der Waals surface area contributed by atoms with Crippen molar-refractivity contribution in [3.8, 4) is 5.75 Å². The SMILES string of the molecule is C=CCCCOc1c(C)cc(C[NH2+]CCCCCCCCCCCCO)cc1C. The Balaban J connectivity index is 2.07. The smallest absolute Gasteiger partial charge is 0.125 e. The fourth-order valence-corrected chi connectivity index (χ4v) is 3.87. The Bertz CT molecular complexity index is 519. The van der Waals surface area contributed by atoms with Gasteiger partial charge in [-0.15, -0.1) is 6.58 Å². The standard InChI is InChI=1S/C26H45NO2/c1-4-5-16-19-29-26-23(2)20-25(21-24(26)3)22-27-17-14-12-10-8-6-7-9-11-13-15-18-28/h4,20-21,27-28H,1,5-19,22H2,2-3H3/p+1. The van der Waals surface area contributed by atoms with Crippen LogP contribution < -0.4 is 10.1 Å². The quantitative estimate of drug-likeness (QED) is 0.233. The second-order valence-electron chi connectivity index (χ2n) is 8.38. The molecule has 0 aromatic heterocycles. The first kappa shape index (κ1) is 25.7. The lowest BCUT2D eigenvalue weighted by Gasteiger charge is -2.13. The molecule has 0 radical (unpaired) electrons. The average molecular weight is 405 g/mol. The van der Waals surface area contributed by atoms with Gasteiger partial charge in [-0.05, 0) is 69.2 Å². The maximum absolute atomic E-state index is 8.76. The summed E-state index contributed by atoms with van der Waals surface area (Å²) >= 11 is 0. The summed E-state index contributed by atoms with van der Waals surface area (Å²) in [7, 11) is 0. The number of benzene rings is 1. The molecule has 166 valence electrons. The van der Waals surface area contributed by atoms with Gasteiger partial charge in [0.15, 0.2) is 0 Å². The summed E-state index contributed by atoms with van der Waals surface area (Å²) in [5.41, 5.74) is 3.91. The van der Waals surface area contributed by atoms with Gasteiger partial charge in [0.25, 0.3) is 0 Å². The number of allylic oxidation sites excluding steroid dienone is 1. The molecule has 0 aliphatic rings. The number of aliphatic hydroxyl groups excluding tert-OH is 1. The number of nitrogens with two attached hydrogens (primary N) is 1. The van der Waals surface area contributed by atoms with Gasteiger partial charge < -0.3 is 15.2 Å². The lowest BCUT2D eigenvalue weighted by Crippen LogP contribution is -2.82. The molecular formula is C26H46NO2+. The predicted molar refractivity (Wildman–Crippen MR) is 125 cm³/mol. The van der Waals surface area contributed by atoms with Crippen molar-refractivity contribution in [2.24, 2.45) is 0 Å². The normalized spacial score (nSPS) is 11.0. The molecule has 1 rings (SSSR count). The Labute approximate surface area is 179 Å². The summed E-state index contributed by atoms with van der Waals surface area (Å²) in [5.74, 6) is 1.06. The first-order valence-corrected chi connectivity index (χ1v) is 12.0. The molecule has 29 heavy (non-hydrogen) atoms. The molecule has 0 aliphatic heterocycles. The van der Waals surface area contributed by atoms with E-state index in [4.69, 9.17) is 9.84 Å². The third-order valence-electron chi connectivity index (χ3n) is 5.52. The van der Waals surface area contributed by atoms with E-state index in [2.05, 4.69) is 37.9 Å². The number of rotatable bonds is 19. The van der Waals surface area contributed by atoms with E-state index in [9.17, 15) is 0 Å². The highest BCUT2D eigenvalue weighted by Gasteiger charge is 2.07. The summed E-state index contributed by atoms with van der Waals surface area (Å²) in [6, 6.07) is 4.57. The molecule has 3 N–H and O–H groups in total. The number of aryl methyl sites for hydroxylation is 2. The summed E-state index contributed by atoms with van der Waals surface area (Å²) in [6.45, 7) is 11.5. The average Bonchev–Trinajstić information content (AvgIpc) is 2.70. The van der Waals surface area contributed by atoms with Crippen LogP contribution in [0, 0.1) is 13.8 Å². The summed E-state index contributed by atoms with van der Waals surface area (Å²) < 4.78 is 5.98. The number of ether oxygens (including phenoxy) is 1. The van der Waals surface area contributed by atoms with Crippen LogP contribution in [0.15, 0.2) is 24.8 Å². The largest absolute Gasteiger partial charge is 0.493 e. The van der Waals surface area contributed by atoms with Crippen LogP contribution in [0.4, 0.5) is 0 Å². The zero-order valence-electron chi connectivity index (χ0n) is 19.2. The van der Waals surface area contributed by atoms with Gasteiger partial charge in [-0.3, -0.25) is 0 Å². The van der Waals surface area contributed by atoms with Gasteiger partial charge in [-0.2, -0.15) is 0 Å². The Morgan fingerprint density at radius 1 is 0.862 bits per heavy atom. The van der Waals surface area contributed by atoms with E-state index in [1.54, 1.807) is 0 Å². The molecule has 0 bridgehead atoms. The van der Waals surface area contributed by atoms with Crippen molar-refractivity contribution in [3.05, 3.63) is 41.5 Å². The van der Waals surface area contributed by atoms with Crippen molar-refractivity contribution in [2.75, 3.05) is 19.8 Å². The first-order valence-electron chi connectivity index (χ1n) is 12.0. The summed E-state index contributed by atoms with van der Waals surface area (Å²) in [6.07, 6.45) is 17.0. The van der Waals surface area contributed by atoms with Crippen LogP contribution in [0.5, 0.6) is 5.75 Å². The van der Waals surface area contributed by atoms with Crippen LogP contribution in [0.2, 0.25) is 0 Å². The highest BCUT2D eigenvalue weighted by Crippen LogP contribution is 2.24. The summed E-state index contributed by atoms with van der Waals surface area (Å²) in [4.78, 5) is 0. The van der Waals surface area contributed by atoms with Gasteiger partial charge >= 0.3 is 0 Å². The Kier molecular flexibility index (Phi) is 15.5. The van der Waals surface area contributed by atoms with E-state index >= 15 is 0 Å². The molecule has 0 aliphatic carbocycles. The lowest BCUT2D eigenvalue weighted by atomic mass is 10.1. The van der Waals surface area contributed by atoms with Crippen LogP contribution >= 0.6 is 0 Å². The van der Waals surface area contributed by atoms with Gasteiger partial charge in [-0.25, -0.2) is 0 Å². The molecule has 0 spiro atoms. The van der Waals surface area contributed by atoms with E-state index in [0.29, 0.717) is 6.61 Å². The second kappa shape index (κ2) is 17.5. The Hall–Kier alpha value is -1.32. The van der Waals surface area contributed by atoms with E-state index in [0.717, 1.165) is 38.2 Å². The zero-order valence-corrected chi connectivity index (χ0v) is 19.2. The van der Waals surface area contributed by atoms with Crippen molar-refractivity contribution in [1.29, 1.82) is 0 Å². The Morgan fingerprint density at radius 3 is 1.97 bits per heavy atom. The minimum Gasteiger partial charge on any atom is -0.493 e. The maximum Gasteiger partial charge on any atom is 0.125 e. The van der Waals surface area contributed by atoms with E-state index in [-0.39, 0.29) is 0 Å². The molecular weight excluding hydrogens is 358 g/mol. The van der Waals surface area contributed by atoms with Crippen molar-refractivity contribution in [1.82, 2.24) is 0 Å². The van der Waals surface area contributed by atoms with Crippen LogP contribution in [0.3, 0.4) is 0 Å². The lowest BCUT2D eigenvalue weighted by molar-refractivity contribution is -0.671. The highest BCUT2D eigenvalue weighted by atomic mass is 16.5. The predicted octanol–water partition coefficient (Wildman–Crippen LogP) is 5.61. The highest BCUT2D eigenvalue weighted by molar-refractivity contribution is 5.43. The molecule has 0 saturated heterocycles. The van der Waals surface area contributed by atoms with Crippen LogP contribution in [0.1, 0.15) is 93.7 Å². The van der Waals surface area contributed by atoms with E-state index in [1.165, 1.54) is 81.0 Å². The van der Waals surface area contributed by atoms with Crippen LogP contribution in [-0.2, 0) is 6.54 Å². The fraction of sp³-hybridized carbons (Fsp3) is 0.692. The number of quaternary nitrogens is 1. The van der Waals surface area contributed by atoms with Gasteiger partial charge in [0.2, 0.25) is 0 Å². The zero-order chi connectivity index (χ0) is 21.2. The molecule has 3 heteroatoms. The topological polar surface area (TPSA) is 46.1 Å². The molecule has 0 unspecified atom stereocenters. The number of hydrogen-bond acceptors (Lipinski definition) is 2. The monoisotopic (exact) mass is 404 g/mol. The molecule has 3 nitrogen and oxygen atoms in total. The number of aliphatic hydroxyl groups is 1. The van der Waals surface area contributed by atoms with Crippen molar-refractivity contribution < 1.29 is 15.2 Å². The third kappa shape index (κ3) is 12.8. The molecule has 0 fully saturated rings. The molecule has 0 amide bonds. The molecule has 0 saturated carbocycles.